The van der Waals surface area contributed by atoms with Gasteiger partial charge < -0.3 is 24.3 Å². The van der Waals surface area contributed by atoms with Crippen molar-refractivity contribution in [3.05, 3.63) is 54.6 Å². The van der Waals surface area contributed by atoms with E-state index in [1.807, 2.05) is 54.6 Å². The quantitative estimate of drug-likeness (QED) is 0.192. The van der Waals surface area contributed by atoms with Gasteiger partial charge in [-0.1, -0.05) is 52.9 Å². The van der Waals surface area contributed by atoms with Crippen molar-refractivity contribution in [3.8, 4) is 22.8 Å². The molecule has 4 atom stereocenters. The third-order valence-electron chi connectivity index (χ3n) is 7.40. The Morgan fingerprint density at radius 2 is 1.84 bits per heavy atom. The lowest BCUT2D eigenvalue weighted by Crippen LogP contribution is -2.54. The van der Waals surface area contributed by atoms with Crippen molar-refractivity contribution in [2.75, 3.05) is 20.3 Å². The summed E-state index contributed by atoms with van der Waals surface area (Å²) in [6.07, 6.45) is -0.490. The number of methoxy groups -OCH3 is 1. The molecule has 0 spiro atoms. The number of esters is 1. The van der Waals surface area contributed by atoms with Gasteiger partial charge in [-0.3, -0.25) is 9.69 Å². The summed E-state index contributed by atoms with van der Waals surface area (Å²) in [5.41, 5.74) is 0.448. The first-order valence-corrected chi connectivity index (χ1v) is 15.5. The van der Waals surface area contributed by atoms with Gasteiger partial charge in [0, 0.05) is 33.4 Å². The highest BCUT2D eigenvalue weighted by molar-refractivity contribution is 14.1. The van der Waals surface area contributed by atoms with Gasteiger partial charge in [0.15, 0.2) is 5.54 Å². The van der Waals surface area contributed by atoms with Crippen molar-refractivity contribution >= 4 is 51.5 Å². The Labute approximate surface area is 264 Å². The van der Waals surface area contributed by atoms with Gasteiger partial charge >= 0.3 is 12.1 Å². The molecule has 1 saturated carbocycles. The van der Waals surface area contributed by atoms with Gasteiger partial charge in [0.05, 0.1) is 31.5 Å². The van der Waals surface area contributed by atoms with Crippen molar-refractivity contribution in [3.63, 3.8) is 0 Å². The second-order valence-electron chi connectivity index (χ2n) is 11.7. The predicted octanol–water partition coefficient (Wildman–Crippen LogP) is 5.29. The first-order chi connectivity index (χ1) is 20.4. The van der Waals surface area contributed by atoms with Crippen LogP contribution < -0.4 is 14.8 Å². The third-order valence-corrected chi connectivity index (χ3v) is 8.90. The molecule has 0 radical (unpaired) electrons. The van der Waals surface area contributed by atoms with Crippen molar-refractivity contribution in [1.82, 2.24) is 15.2 Å². The Balaban J connectivity index is 1.45. The molecule has 43 heavy (non-hydrogen) atoms. The van der Waals surface area contributed by atoms with E-state index in [1.54, 1.807) is 34.8 Å². The average molecular weight is 702 g/mol. The zero-order valence-electron chi connectivity index (χ0n) is 24.9. The monoisotopic (exact) mass is 701 g/mol. The van der Waals surface area contributed by atoms with Crippen LogP contribution in [0, 0.1) is 0 Å². The van der Waals surface area contributed by atoms with Crippen LogP contribution in [-0.4, -0.2) is 75.3 Å². The number of carbonyl (C=O) groups excluding carboxylic acids is 3. The SMILES string of the molecule is CCOC(=O)[C@@]1(NC(=O)[C@@H]2C[C@@H](Oc3cc(-c4ccccc4)nc4cc(OC)ccc34)CN2C(=O)OC(C)(C)C)C[C@H]1I. The number of nitrogens with zero attached hydrogens (tertiary/aromatic N) is 2. The molecule has 5 rings (SSSR count). The molecule has 2 fully saturated rings. The normalized spacial score (nSPS) is 23.0. The van der Waals surface area contributed by atoms with Crippen LogP contribution in [-0.2, 0) is 19.1 Å². The largest absolute Gasteiger partial charge is 0.497 e. The maximum Gasteiger partial charge on any atom is 0.411 e. The van der Waals surface area contributed by atoms with Gasteiger partial charge in [0.25, 0.3) is 0 Å². The van der Waals surface area contributed by atoms with Gasteiger partial charge in [0.1, 0.15) is 29.2 Å². The summed E-state index contributed by atoms with van der Waals surface area (Å²) in [5.74, 6) is 0.316. The van der Waals surface area contributed by atoms with E-state index >= 15 is 0 Å². The van der Waals surface area contributed by atoms with E-state index in [4.69, 9.17) is 23.9 Å². The van der Waals surface area contributed by atoms with Crippen LogP contribution in [0.4, 0.5) is 4.79 Å². The fraction of sp³-hybridized carbons (Fsp3) is 0.438. The molecular formula is C32H36IN3O7. The fourth-order valence-corrected chi connectivity index (χ4v) is 6.27. The van der Waals surface area contributed by atoms with E-state index in [0.29, 0.717) is 29.1 Å². The summed E-state index contributed by atoms with van der Waals surface area (Å²) in [4.78, 5) is 46.0. The molecule has 1 saturated heterocycles. The van der Waals surface area contributed by atoms with Crippen molar-refractivity contribution < 1.29 is 33.3 Å². The predicted molar refractivity (Wildman–Crippen MR) is 169 cm³/mol. The molecule has 1 aromatic heterocycles. The van der Waals surface area contributed by atoms with Crippen molar-refractivity contribution in [2.45, 2.75) is 67.7 Å². The minimum absolute atomic E-state index is 0.104. The van der Waals surface area contributed by atoms with E-state index in [9.17, 15) is 14.4 Å². The maximum atomic E-state index is 13.7. The Kier molecular flexibility index (Phi) is 8.73. The number of rotatable bonds is 8. The molecule has 2 amide bonds. The first-order valence-electron chi connectivity index (χ1n) is 14.3. The van der Waals surface area contributed by atoms with Crippen LogP contribution in [0.15, 0.2) is 54.6 Å². The van der Waals surface area contributed by atoms with Gasteiger partial charge in [-0.15, -0.1) is 0 Å². The molecular weight excluding hydrogens is 665 g/mol. The van der Waals surface area contributed by atoms with E-state index < -0.39 is 41.3 Å². The molecule has 11 heteroatoms. The molecule has 2 aliphatic rings. The minimum atomic E-state index is -1.10. The minimum Gasteiger partial charge on any atom is -0.497 e. The Bertz CT molecular complexity index is 1530. The molecule has 0 unspecified atom stereocenters. The van der Waals surface area contributed by atoms with Gasteiger partial charge in [-0.2, -0.15) is 0 Å². The second-order valence-corrected chi connectivity index (χ2v) is 13.2. The lowest BCUT2D eigenvalue weighted by molar-refractivity contribution is -0.149. The molecule has 3 aromatic rings. The van der Waals surface area contributed by atoms with E-state index in [-0.39, 0.29) is 23.5 Å². The number of pyridine rings is 1. The molecule has 1 N–H and O–H groups in total. The average Bonchev–Trinajstić information content (AvgIpc) is 3.42. The van der Waals surface area contributed by atoms with Crippen LogP contribution in [0.25, 0.3) is 22.2 Å². The number of nitrogens with one attached hydrogen (secondary N) is 1. The first kappa shape index (κ1) is 30.8. The number of hydrogen-bond donors (Lipinski definition) is 1. The number of halogens is 1. The lowest BCUT2D eigenvalue weighted by Gasteiger charge is -2.28. The second kappa shape index (κ2) is 12.2. The molecule has 1 aliphatic carbocycles. The topological polar surface area (TPSA) is 116 Å². The van der Waals surface area contributed by atoms with E-state index in [2.05, 4.69) is 27.9 Å². The van der Waals surface area contributed by atoms with E-state index in [1.165, 1.54) is 4.90 Å². The summed E-state index contributed by atoms with van der Waals surface area (Å²) in [7, 11) is 1.60. The van der Waals surface area contributed by atoms with Crippen LogP contribution in [0.5, 0.6) is 11.5 Å². The number of alkyl halides is 1. The molecule has 0 bridgehead atoms. The van der Waals surface area contributed by atoms with Gasteiger partial charge in [-0.05, 0) is 46.2 Å². The Hall–Kier alpha value is -3.61. The van der Waals surface area contributed by atoms with Crippen LogP contribution in [0.2, 0.25) is 0 Å². The summed E-state index contributed by atoms with van der Waals surface area (Å²) < 4.78 is 22.8. The Morgan fingerprint density at radius 1 is 1.12 bits per heavy atom. The zero-order valence-corrected chi connectivity index (χ0v) is 27.0. The summed E-state index contributed by atoms with van der Waals surface area (Å²) in [5, 5.41) is 3.67. The number of hydrogen-bond acceptors (Lipinski definition) is 8. The highest BCUT2D eigenvalue weighted by atomic mass is 127. The summed E-state index contributed by atoms with van der Waals surface area (Å²) in [6, 6.07) is 16.3. The van der Waals surface area contributed by atoms with Gasteiger partial charge in [-0.25, -0.2) is 14.6 Å². The van der Waals surface area contributed by atoms with Crippen molar-refractivity contribution in [2.24, 2.45) is 0 Å². The fourth-order valence-electron chi connectivity index (χ4n) is 5.17. The number of benzene rings is 2. The lowest BCUT2D eigenvalue weighted by atomic mass is 10.1. The van der Waals surface area contributed by atoms with Crippen molar-refractivity contribution in [1.29, 1.82) is 0 Å². The molecule has 2 aromatic carbocycles. The molecule has 10 nitrogen and oxygen atoms in total. The number of aromatic nitrogens is 1. The third kappa shape index (κ3) is 6.66. The number of ether oxygens (including phenoxy) is 4. The zero-order chi connectivity index (χ0) is 30.9. The summed E-state index contributed by atoms with van der Waals surface area (Å²) >= 11 is 2.14. The Morgan fingerprint density at radius 3 is 2.47 bits per heavy atom. The van der Waals surface area contributed by atoms with E-state index in [0.717, 1.165) is 10.9 Å². The smallest absolute Gasteiger partial charge is 0.411 e. The highest BCUT2D eigenvalue weighted by Gasteiger charge is 2.62. The molecule has 1 aliphatic heterocycles. The van der Waals surface area contributed by atoms with Crippen LogP contribution in [0.3, 0.4) is 0 Å². The molecule has 228 valence electrons. The molecule has 2 heterocycles. The summed E-state index contributed by atoms with van der Waals surface area (Å²) in [6.45, 7) is 7.37. The number of amides is 2. The number of fused-ring (bicyclic) bond motifs is 1. The maximum absolute atomic E-state index is 13.7. The van der Waals surface area contributed by atoms with Gasteiger partial charge in [0.2, 0.25) is 5.91 Å². The number of carbonyl (C=O) groups is 3. The highest BCUT2D eigenvalue weighted by Crippen LogP contribution is 2.44. The van der Waals surface area contributed by atoms with Crippen LogP contribution >= 0.6 is 22.6 Å². The standard InChI is InChI=1S/C32H36IN3O7/c1-6-41-29(38)32(17-27(32)33)35-28(37)25-15-21(18-36(25)30(39)43-31(2,3)4)42-26-16-23(19-10-8-7-9-11-19)34-24-14-20(40-5)12-13-22(24)26/h7-14,16,21,25,27H,6,15,17-18H2,1-5H3,(H,35,37)/t21-,25+,27-,32-/m1/s1. The number of likely N-dealkylation sites (tertiary alicyclic amines) is 1. The van der Waals surface area contributed by atoms with Crippen LogP contribution in [0.1, 0.15) is 40.5 Å².